The highest BCUT2D eigenvalue weighted by atomic mass is 16.7. The van der Waals surface area contributed by atoms with Crippen LogP contribution in [-0.2, 0) is 19.0 Å². The lowest BCUT2D eigenvalue weighted by Crippen LogP contribution is -2.23. The normalized spacial score (nSPS) is 24.1. The van der Waals surface area contributed by atoms with Gasteiger partial charge in [-0.15, -0.1) is 0 Å². The van der Waals surface area contributed by atoms with E-state index in [0.29, 0.717) is 13.0 Å². The van der Waals surface area contributed by atoms with Crippen molar-refractivity contribution < 1.29 is 19.0 Å². The minimum atomic E-state index is -0.517. The van der Waals surface area contributed by atoms with Gasteiger partial charge in [-0.25, -0.2) is 4.79 Å². The molecule has 0 aromatic heterocycles. The first-order valence-electron chi connectivity index (χ1n) is 6.29. The van der Waals surface area contributed by atoms with Crippen LogP contribution in [0.5, 0.6) is 0 Å². The maximum atomic E-state index is 11.6. The quantitative estimate of drug-likeness (QED) is 0.575. The Morgan fingerprint density at radius 1 is 1.44 bits per heavy atom. The molecule has 0 N–H and O–H groups in total. The van der Waals surface area contributed by atoms with Crippen LogP contribution in [-0.4, -0.2) is 30.1 Å². The second-order valence-electron chi connectivity index (χ2n) is 6.18. The summed E-state index contributed by atoms with van der Waals surface area (Å²) in [5, 5.41) is 0. The lowest BCUT2D eigenvalue weighted by Gasteiger charge is -2.19. The summed E-state index contributed by atoms with van der Waals surface area (Å²) in [6.45, 7) is 11.8. The lowest BCUT2D eigenvalue weighted by atomic mass is 10.1. The van der Waals surface area contributed by atoms with Gasteiger partial charge >= 0.3 is 5.97 Å². The Bertz CT molecular complexity index is 336. The molecule has 1 rings (SSSR count). The van der Waals surface area contributed by atoms with Crippen molar-refractivity contribution in [2.45, 2.75) is 65.5 Å². The first kappa shape index (κ1) is 15.2. The largest absolute Gasteiger partial charge is 0.457 e. The Labute approximate surface area is 109 Å². The maximum Gasteiger partial charge on any atom is 0.331 e. The number of carbonyl (C=O) groups is 1. The van der Waals surface area contributed by atoms with Crippen LogP contribution < -0.4 is 0 Å². The average molecular weight is 256 g/mol. The molecule has 0 aromatic carbocycles. The predicted molar refractivity (Wildman–Crippen MR) is 69.1 cm³/mol. The van der Waals surface area contributed by atoms with Gasteiger partial charge in [0.1, 0.15) is 5.60 Å². The van der Waals surface area contributed by atoms with Gasteiger partial charge in [0.15, 0.2) is 5.79 Å². The molecule has 1 fully saturated rings. The van der Waals surface area contributed by atoms with Gasteiger partial charge < -0.3 is 14.2 Å². The molecule has 0 saturated carbocycles. The van der Waals surface area contributed by atoms with E-state index in [1.807, 2.05) is 41.5 Å². The van der Waals surface area contributed by atoms with E-state index in [0.717, 1.165) is 5.57 Å². The van der Waals surface area contributed by atoms with Crippen LogP contribution in [0.3, 0.4) is 0 Å². The molecule has 0 aromatic rings. The molecular formula is C14H24O4. The predicted octanol–water partition coefficient (Wildman–Crippen LogP) is 2.82. The molecule has 0 radical (unpaired) electrons. The minimum absolute atomic E-state index is 0.0127. The van der Waals surface area contributed by atoms with Gasteiger partial charge in [0, 0.05) is 6.08 Å². The Morgan fingerprint density at radius 2 is 2.06 bits per heavy atom. The molecule has 0 spiro atoms. The van der Waals surface area contributed by atoms with Gasteiger partial charge in [0.2, 0.25) is 0 Å². The molecule has 1 saturated heterocycles. The number of ether oxygens (including phenoxy) is 3. The standard InChI is InChI=1S/C14H24O4/c1-10(8-12(15)18-13(2,3)4)7-11-9-16-14(5,6)17-11/h8,11H,7,9H2,1-6H3/b10-8+/t11-/m0/s1. The first-order chi connectivity index (χ1) is 8.07. The Balaban J connectivity index is 2.46. The van der Waals surface area contributed by atoms with E-state index in [9.17, 15) is 4.79 Å². The third-order valence-electron chi connectivity index (χ3n) is 2.39. The summed E-state index contributed by atoms with van der Waals surface area (Å²) < 4.78 is 16.4. The second-order valence-corrected chi connectivity index (χ2v) is 6.18. The molecule has 0 aliphatic carbocycles. The SMILES string of the molecule is C/C(=C\C(=O)OC(C)(C)C)C[C@H]1COC(C)(C)O1. The summed E-state index contributed by atoms with van der Waals surface area (Å²) in [6, 6.07) is 0. The summed E-state index contributed by atoms with van der Waals surface area (Å²) in [6.07, 6.45) is 2.22. The lowest BCUT2D eigenvalue weighted by molar-refractivity contribution is -0.148. The monoisotopic (exact) mass is 256 g/mol. The topological polar surface area (TPSA) is 44.8 Å². The number of esters is 1. The Hall–Kier alpha value is -0.870. The van der Waals surface area contributed by atoms with Crippen LogP contribution in [0, 0.1) is 0 Å². The zero-order valence-electron chi connectivity index (χ0n) is 12.2. The Morgan fingerprint density at radius 3 is 2.50 bits per heavy atom. The van der Waals surface area contributed by atoms with Crippen molar-refractivity contribution in [3.8, 4) is 0 Å². The fraction of sp³-hybridized carbons (Fsp3) is 0.786. The summed E-state index contributed by atoms with van der Waals surface area (Å²) in [5.74, 6) is -0.824. The molecule has 1 aliphatic heterocycles. The van der Waals surface area contributed by atoms with Gasteiger partial charge in [-0.05, 0) is 48.0 Å². The van der Waals surface area contributed by atoms with Crippen LogP contribution in [0.15, 0.2) is 11.6 Å². The second kappa shape index (κ2) is 5.41. The van der Waals surface area contributed by atoms with E-state index in [1.54, 1.807) is 0 Å². The van der Waals surface area contributed by atoms with E-state index >= 15 is 0 Å². The molecule has 4 nitrogen and oxygen atoms in total. The molecule has 4 heteroatoms. The molecule has 1 heterocycles. The van der Waals surface area contributed by atoms with Gasteiger partial charge in [-0.1, -0.05) is 5.57 Å². The van der Waals surface area contributed by atoms with Crippen molar-refractivity contribution in [2.75, 3.05) is 6.61 Å². The number of rotatable bonds is 3. The van der Waals surface area contributed by atoms with Crippen LogP contribution in [0.25, 0.3) is 0 Å². The van der Waals surface area contributed by atoms with Crippen molar-refractivity contribution in [3.05, 3.63) is 11.6 Å². The highest BCUT2D eigenvalue weighted by Crippen LogP contribution is 2.26. The van der Waals surface area contributed by atoms with E-state index in [4.69, 9.17) is 14.2 Å². The van der Waals surface area contributed by atoms with Gasteiger partial charge in [0.25, 0.3) is 0 Å². The van der Waals surface area contributed by atoms with Crippen LogP contribution >= 0.6 is 0 Å². The minimum Gasteiger partial charge on any atom is -0.457 e. The maximum absolute atomic E-state index is 11.6. The molecular weight excluding hydrogens is 232 g/mol. The van der Waals surface area contributed by atoms with Crippen molar-refractivity contribution in [3.63, 3.8) is 0 Å². The Kier molecular flexibility index (Phi) is 4.56. The van der Waals surface area contributed by atoms with Crippen molar-refractivity contribution in [1.29, 1.82) is 0 Å². The summed E-state index contributed by atoms with van der Waals surface area (Å²) in [5.41, 5.74) is 0.485. The van der Waals surface area contributed by atoms with Crippen molar-refractivity contribution in [1.82, 2.24) is 0 Å². The zero-order valence-corrected chi connectivity index (χ0v) is 12.2. The van der Waals surface area contributed by atoms with Crippen molar-refractivity contribution in [2.24, 2.45) is 0 Å². The van der Waals surface area contributed by atoms with Crippen molar-refractivity contribution >= 4 is 5.97 Å². The summed E-state index contributed by atoms with van der Waals surface area (Å²) >= 11 is 0. The van der Waals surface area contributed by atoms with Gasteiger partial charge in [-0.3, -0.25) is 0 Å². The molecule has 18 heavy (non-hydrogen) atoms. The molecule has 104 valence electrons. The van der Waals surface area contributed by atoms with Crippen LogP contribution in [0.4, 0.5) is 0 Å². The zero-order chi connectivity index (χ0) is 14.0. The fourth-order valence-electron chi connectivity index (χ4n) is 1.81. The molecule has 0 unspecified atom stereocenters. The molecule has 0 amide bonds. The smallest absolute Gasteiger partial charge is 0.331 e. The number of hydrogen-bond acceptors (Lipinski definition) is 4. The average Bonchev–Trinajstić information content (AvgIpc) is 2.40. The van der Waals surface area contributed by atoms with E-state index in [-0.39, 0.29) is 12.1 Å². The van der Waals surface area contributed by atoms with Crippen LogP contribution in [0.1, 0.15) is 48.0 Å². The van der Waals surface area contributed by atoms with Gasteiger partial charge in [0.05, 0.1) is 12.7 Å². The summed E-state index contributed by atoms with van der Waals surface area (Å²) in [4.78, 5) is 11.6. The highest BCUT2D eigenvalue weighted by molar-refractivity contribution is 5.83. The highest BCUT2D eigenvalue weighted by Gasteiger charge is 2.32. The van der Waals surface area contributed by atoms with Crippen LogP contribution in [0.2, 0.25) is 0 Å². The molecule has 1 aliphatic rings. The molecule has 0 bridgehead atoms. The third kappa shape index (κ3) is 5.65. The van der Waals surface area contributed by atoms with Gasteiger partial charge in [-0.2, -0.15) is 0 Å². The van der Waals surface area contributed by atoms with E-state index in [2.05, 4.69) is 0 Å². The first-order valence-corrected chi connectivity index (χ1v) is 6.29. The number of hydrogen-bond donors (Lipinski definition) is 0. The van der Waals surface area contributed by atoms with E-state index < -0.39 is 11.4 Å². The molecule has 1 atom stereocenters. The fourth-order valence-corrected chi connectivity index (χ4v) is 1.81. The summed E-state index contributed by atoms with van der Waals surface area (Å²) in [7, 11) is 0. The third-order valence-corrected chi connectivity index (χ3v) is 2.39. The van der Waals surface area contributed by atoms with E-state index in [1.165, 1.54) is 6.08 Å². The number of carbonyl (C=O) groups excluding carboxylic acids is 1.